The lowest BCUT2D eigenvalue weighted by molar-refractivity contribution is -0.119. The summed E-state index contributed by atoms with van der Waals surface area (Å²) in [4.78, 5) is 25.2. The van der Waals surface area contributed by atoms with Crippen LogP contribution in [-0.2, 0) is 11.2 Å². The van der Waals surface area contributed by atoms with Crippen LogP contribution in [0.25, 0.3) is 0 Å². The minimum atomic E-state index is -0.228. The van der Waals surface area contributed by atoms with Crippen molar-refractivity contribution in [3.8, 4) is 0 Å². The van der Waals surface area contributed by atoms with Gasteiger partial charge in [-0.15, -0.1) is 0 Å². The minimum Gasteiger partial charge on any atom is -0.345 e. The van der Waals surface area contributed by atoms with Crippen molar-refractivity contribution < 1.29 is 9.59 Å². The highest BCUT2D eigenvalue weighted by molar-refractivity contribution is 7.80. The van der Waals surface area contributed by atoms with Crippen LogP contribution in [0.5, 0.6) is 0 Å². The second kappa shape index (κ2) is 10.5. The van der Waals surface area contributed by atoms with Gasteiger partial charge in [0.15, 0.2) is 5.11 Å². The van der Waals surface area contributed by atoms with Crippen LogP contribution in [0.15, 0.2) is 78.9 Å². The molecule has 0 aliphatic rings. The molecule has 3 rings (SSSR count). The smallest absolute Gasteiger partial charge is 0.253 e. The third-order valence-electron chi connectivity index (χ3n) is 4.93. The molecule has 0 spiro atoms. The standard InChI is InChI=1S/C25H25N3O2S/c1-17-10-6-7-13-20(17)16-23(29)28-25(31)27-22-15-9-8-14-21(22)24(30)26-18(2)19-11-4-3-5-12-19/h3-15,18H,16H2,1-2H3,(H,26,30)(H2,27,28,29,31). The van der Waals surface area contributed by atoms with E-state index < -0.39 is 0 Å². The van der Waals surface area contributed by atoms with Crippen molar-refractivity contribution in [3.63, 3.8) is 0 Å². The first-order valence-electron chi connectivity index (χ1n) is 10.0. The number of rotatable bonds is 6. The molecular formula is C25H25N3O2S. The second-order valence-electron chi connectivity index (χ2n) is 7.26. The van der Waals surface area contributed by atoms with Crippen LogP contribution in [0.1, 0.15) is 40.0 Å². The van der Waals surface area contributed by atoms with Gasteiger partial charge in [0.1, 0.15) is 0 Å². The molecule has 2 amide bonds. The van der Waals surface area contributed by atoms with Crippen LogP contribution in [0, 0.1) is 6.92 Å². The molecule has 0 aliphatic heterocycles. The lowest BCUT2D eigenvalue weighted by atomic mass is 10.1. The van der Waals surface area contributed by atoms with E-state index in [0.717, 1.165) is 16.7 Å². The molecule has 0 bridgehead atoms. The third kappa shape index (κ3) is 6.23. The van der Waals surface area contributed by atoms with E-state index in [2.05, 4.69) is 16.0 Å². The van der Waals surface area contributed by atoms with E-state index in [1.54, 1.807) is 24.3 Å². The average molecular weight is 432 g/mol. The van der Waals surface area contributed by atoms with Crippen LogP contribution in [0.4, 0.5) is 5.69 Å². The summed E-state index contributed by atoms with van der Waals surface area (Å²) in [5, 5.41) is 8.81. The fourth-order valence-corrected chi connectivity index (χ4v) is 3.42. The van der Waals surface area contributed by atoms with Gasteiger partial charge in [-0.1, -0.05) is 66.7 Å². The van der Waals surface area contributed by atoms with Gasteiger partial charge >= 0.3 is 0 Å². The fourth-order valence-electron chi connectivity index (χ4n) is 3.20. The Kier molecular flexibility index (Phi) is 7.51. The Morgan fingerprint density at radius 2 is 1.55 bits per heavy atom. The molecule has 0 saturated heterocycles. The number of hydrogen-bond acceptors (Lipinski definition) is 3. The van der Waals surface area contributed by atoms with Gasteiger partial charge in [0.25, 0.3) is 5.91 Å². The second-order valence-corrected chi connectivity index (χ2v) is 7.67. The van der Waals surface area contributed by atoms with Crippen LogP contribution in [0.2, 0.25) is 0 Å². The molecule has 0 heterocycles. The molecule has 0 saturated carbocycles. The normalized spacial score (nSPS) is 11.3. The molecule has 1 unspecified atom stereocenters. The van der Waals surface area contributed by atoms with Crippen LogP contribution < -0.4 is 16.0 Å². The lowest BCUT2D eigenvalue weighted by Gasteiger charge is -2.17. The molecule has 0 fully saturated rings. The highest BCUT2D eigenvalue weighted by Gasteiger charge is 2.16. The summed E-state index contributed by atoms with van der Waals surface area (Å²) in [6, 6.07) is 24.4. The van der Waals surface area contributed by atoms with Crippen LogP contribution in [-0.4, -0.2) is 16.9 Å². The first-order chi connectivity index (χ1) is 14.9. The predicted octanol–water partition coefficient (Wildman–Crippen LogP) is 4.54. The molecule has 1 atom stereocenters. The van der Waals surface area contributed by atoms with Gasteiger partial charge in [-0.2, -0.15) is 0 Å². The zero-order valence-electron chi connectivity index (χ0n) is 17.5. The van der Waals surface area contributed by atoms with Gasteiger partial charge in [-0.3, -0.25) is 9.59 Å². The van der Waals surface area contributed by atoms with E-state index in [1.807, 2.05) is 68.4 Å². The Balaban J connectivity index is 1.63. The average Bonchev–Trinajstić information content (AvgIpc) is 2.76. The van der Waals surface area contributed by atoms with Crippen LogP contribution in [0.3, 0.4) is 0 Å². The van der Waals surface area contributed by atoms with Crippen molar-refractivity contribution in [3.05, 3.63) is 101 Å². The molecule has 3 aromatic carbocycles. The highest BCUT2D eigenvalue weighted by atomic mass is 32.1. The summed E-state index contributed by atoms with van der Waals surface area (Å²) < 4.78 is 0. The maximum atomic E-state index is 12.8. The van der Waals surface area contributed by atoms with Crippen molar-refractivity contribution in [1.29, 1.82) is 0 Å². The minimum absolute atomic E-state index is 0.148. The van der Waals surface area contributed by atoms with Crippen molar-refractivity contribution in [2.24, 2.45) is 0 Å². The first-order valence-corrected chi connectivity index (χ1v) is 10.4. The number of nitrogens with one attached hydrogen (secondary N) is 3. The van der Waals surface area contributed by atoms with E-state index in [1.165, 1.54) is 0 Å². The van der Waals surface area contributed by atoms with Crippen LogP contribution >= 0.6 is 12.2 Å². The van der Waals surface area contributed by atoms with E-state index in [-0.39, 0.29) is 29.4 Å². The molecule has 6 heteroatoms. The topological polar surface area (TPSA) is 70.2 Å². The molecule has 3 aromatic rings. The van der Waals surface area contributed by atoms with Crippen molar-refractivity contribution >= 4 is 34.8 Å². The summed E-state index contributed by atoms with van der Waals surface area (Å²) in [6.45, 7) is 3.89. The first kappa shape index (κ1) is 22.2. The number of para-hydroxylation sites is 1. The van der Waals surface area contributed by atoms with E-state index in [0.29, 0.717) is 11.3 Å². The summed E-state index contributed by atoms with van der Waals surface area (Å²) in [5.41, 5.74) is 3.98. The van der Waals surface area contributed by atoms with Gasteiger partial charge in [0, 0.05) is 0 Å². The fraction of sp³-hybridized carbons (Fsp3) is 0.160. The maximum Gasteiger partial charge on any atom is 0.253 e. The quantitative estimate of drug-likeness (QED) is 0.501. The summed E-state index contributed by atoms with van der Waals surface area (Å²) in [6.07, 6.45) is 0.227. The van der Waals surface area contributed by atoms with Gasteiger partial charge in [0.05, 0.1) is 23.7 Å². The van der Waals surface area contributed by atoms with Crippen molar-refractivity contribution in [2.45, 2.75) is 26.3 Å². The van der Waals surface area contributed by atoms with Gasteiger partial charge < -0.3 is 16.0 Å². The Morgan fingerprint density at radius 3 is 2.29 bits per heavy atom. The number of hydrogen-bond donors (Lipinski definition) is 3. The highest BCUT2D eigenvalue weighted by Crippen LogP contribution is 2.18. The maximum absolute atomic E-state index is 12.8. The zero-order chi connectivity index (χ0) is 22.2. The van der Waals surface area contributed by atoms with Gasteiger partial charge in [-0.05, 0) is 54.9 Å². The number of carbonyl (C=O) groups is 2. The molecule has 3 N–H and O–H groups in total. The molecule has 158 valence electrons. The van der Waals surface area contributed by atoms with E-state index in [9.17, 15) is 9.59 Å². The van der Waals surface area contributed by atoms with Gasteiger partial charge in [-0.25, -0.2) is 0 Å². The molecular weight excluding hydrogens is 406 g/mol. The summed E-state index contributed by atoms with van der Waals surface area (Å²) in [7, 11) is 0. The van der Waals surface area contributed by atoms with Crippen molar-refractivity contribution in [2.75, 3.05) is 5.32 Å². The molecule has 5 nitrogen and oxygen atoms in total. The van der Waals surface area contributed by atoms with Gasteiger partial charge in [0.2, 0.25) is 5.91 Å². The van der Waals surface area contributed by atoms with E-state index in [4.69, 9.17) is 12.2 Å². The number of anilines is 1. The molecule has 31 heavy (non-hydrogen) atoms. The Morgan fingerprint density at radius 1 is 0.903 bits per heavy atom. The number of carbonyl (C=O) groups excluding carboxylic acids is 2. The molecule has 0 aliphatic carbocycles. The Labute approximate surface area is 187 Å². The lowest BCUT2D eigenvalue weighted by Crippen LogP contribution is -2.36. The van der Waals surface area contributed by atoms with Crippen molar-refractivity contribution in [1.82, 2.24) is 10.6 Å². The number of amides is 2. The SMILES string of the molecule is Cc1ccccc1CC(=O)NC(=S)Nc1ccccc1C(=O)NC(C)c1ccccc1. The number of thiocarbonyl (C=S) groups is 1. The third-order valence-corrected chi connectivity index (χ3v) is 5.14. The zero-order valence-corrected chi connectivity index (χ0v) is 18.3. The monoisotopic (exact) mass is 431 g/mol. The molecule has 0 aromatic heterocycles. The summed E-state index contributed by atoms with van der Waals surface area (Å²) in [5.74, 6) is -0.445. The Bertz CT molecular complexity index is 1080. The number of benzene rings is 3. The predicted molar refractivity (Wildman–Crippen MR) is 128 cm³/mol. The van der Waals surface area contributed by atoms with E-state index >= 15 is 0 Å². The number of aryl methyl sites for hydroxylation is 1. The summed E-state index contributed by atoms with van der Waals surface area (Å²) >= 11 is 5.30. The largest absolute Gasteiger partial charge is 0.345 e. The Hall–Kier alpha value is -3.51. The molecule has 0 radical (unpaired) electrons.